The largest absolute Gasteiger partial charge is 0.485 e. The number of para-hydroxylation sites is 1. The topological polar surface area (TPSA) is 125 Å². The number of ether oxygens (including phenoxy) is 1. The van der Waals surface area contributed by atoms with Crippen molar-refractivity contribution in [1.29, 1.82) is 0 Å². The minimum Gasteiger partial charge on any atom is -0.485 e. The van der Waals surface area contributed by atoms with Crippen LogP contribution in [0.5, 0.6) is 5.75 Å². The van der Waals surface area contributed by atoms with E-state index in [2.05, 4.69) is 15.4 Å². The second-order valence-corrected chi connectivity index (χ2v) is 9.94. The Morgan fingerprint density at radius 3 is 2.55 bits per heavy atom. The lowest BCUT2D eigenvalue weighted by molar-refractivity contribution is -0.140. The van der Waals surface area contributed by atoms with Gasteiger partial charge in [-0.3, -0.25) is 14.3 Å². The molecule has 4 heterocycles. The summed E-state index contributed by atoms with van der Waals surface area (Å²) in [6.45, 7) is 3.64. The number of nitrogens with two attached hydrogens (primary N) is 1. The molecule has 5 rings (SSSR count). The van der Waals surface area contributed by atoms with Crippen LogP contribution in [-0.4, -0.2) is 26.6 Å². The number of alkyl halides is 3. The lowest BCUT2D eigenvalue weighted by Crippen LogP contribution is -2.16. The van der Waals surface area contributed by atoms with Crippen molar-refractivity contribution in [2.75, 3.05) is 5.32 Å². The average Bonchev–Trinajstić information content (AvgIpc) is 3.61. The Morgan fingerprint density at radius 1 is 1.15 bits per heavy atom. The number of nitrogens with one attached hydrogen (secondary N) is 1. The summed E-state index contributed by atoms with van der Waals surface area (Å²) >= 11 is 0.655. The van der Waals surface area contributed by atoms with E-state index in [1.807, 2.05) is 25.1 Å². The Hall–Kier alpha value is -4.65. The molecule has 0 saturated carbocycles. The number of hydrogen-bond acceptors (Lipinski definition) is 7. The smallest absolute Gasteiger partial charge is 0.433 e. The maximum Gasteiger partial charge on any atom is 0.433 e. The molecular weight excluding hydrogens is 547 g/mol. The number of halogens is 3. The predicted octanol–water partition coefficient (Wildman–Crippen LogP) is 5.86. The number of carbonyl (C=O) groups excluding carboxylic acids is 2. The van der Waals surface area contributed by atoms with E-state index < -0.39 is 23.7 Å². The number of pyridine rings is 1. The molecule has 0 bridgehead atoms. The van der Waals surface area contributed by atoms with Crippen LogP contribution in [0.2, 0.25) is 0 Å². The Labute approximate surface area is 229 Å². The second-order valence-electron chi connectivity index (χ2n) is 8.94. The number of anilines is 1. The van der Waals surface area contributed by atoms with E-state index in [1.165, 1.54) is 16.9 Å². The first-order valence-corrected chi connectivity index (χ1v) is 12.7. The standard InChI is InChI=1S/C27H22F3N5O4S/c1-13-6-4-5-7-18(13)38-12-15-8-9-19(39-15)25(37)34-22-21-16(17-11-32-35(3)14(17)2)10-20(27(28,29)30)33-26(21)40-23(22)24(31)36/h4-11H,12H2,1-3H3,(H2,31,36)(H,34,37). The van der Waals surface area contributed by atoms with Gasteiger partial charge in [0.1, 0.15) is 33.5 Å². The van der Waals surface area contributed by atoms with Gasteiger partial charge < -0.3 is 20.2 Å². The van der Waals surface area contributed by atoms with Crippen molar-refractivity contribution in [2.24, 2.45) is 12.8 Å². The Kier molecular flexibility index (Phi) is 6.84. The molecule has 0 unspecified atom stereocenters. The zero-order valence-electron chi connectivity index (χ0n) is 21.4. The number of benzene rings is 1. The van der Waals surface area contributed by atoms with Crippen molar-refractivity contribution in [3.8, 4) is 16.9 Å². The van der Waals surface area contributed by atoms with Crippen LogP contribution < -0.4 is 15.8 Å². The third kappa shape index (κ3) is 5.02. The molecule has 3 N–H and O–H groups in total. The molecule has 40 heavy (non-hydrogen) atoms. The fourth-order valence-corrected chi connectivity index (χ4v) is 5.14. The number of primary amides is 1. The van der Waals surface area contributed by atoms with Gasteiger partial charge in [-0.1, -0.05) is 18.2 Å². The van der Waals surface area contributed by atoms with Crippen molar-refractivity contribution >= 4 is 39.1 Å². The summed E-state index contributed by atoms with van der Waals surface area (Å²) in [4.78, 5) is 29.0. The Morgan fingerprint density at radius 2 is 1.90 bits per heavy atom. The molecule has 0 atom stereocenters. The fraction of sp³-hybridized carbons (Fsp3) is 0.185. The number of thiophene rings is 1. The van der Waals surface area contributed by atoms with Gasteiger partial charge in [0.2, 0.25) is 0 Å². The van der Waals surface area contributed by atoms with Gasteiger partial charge in [0.15, 0.2) is 5.76 Å². The third-order valence-electron chi connectivity index (χ3n) is 6.29. The number of furan rings is 1. The molecule has 0 aliphatic carbocycles. The van der Waals surface area contributed by atoms with Crippen molar-refractivity contribution in [3.63, 3.8) is 0 Å². The molecule has 0 aliphatic rings. The summed E-state index contributed by atoms with van der Waals surface area (Å²) in [5.41, 5.74) is 6.30. The molecule has 13 heteroatoms. The monoisotopic (exact) mass is 569 g/mol. The average molecular weight is 570 g/mol. The first-order valence-electron chi connectivity index (χ1n) is 11.9. The normalized spacial score (nSPS) is 11.7. The quantitative estimate of drug-likeness (QED) is 0.253. The highest BCUT2D eigenvalue weighted by atomic mass is 32.1. The molecule has 2 amide bonds. The van der Waals surface area contributed by atoms with Crippen molar-refractivity contribution in [1.82, 2.24) is 14.8 Å². The summed E-state index contributed by atoms with van der Waals surface area (Å²) in [7, 11) is 1.64. The van der Waals surface area contributed by atoms with Gasteiger partial charge in [0, 0.05) is 23.7 Å². The molecule has 0 aliphatic heterocycles. The molecule has 9 nitrogen and oxygen atoms in total. The maximum atomic E-state index is 13.7. The lowest BCUT2D eigenvalue weighted by atomic mass is 10.0. The third-order valence-corrected chi connectivity index (χ3v) is 7.39. The van der Waals surface area contributed by atoms with E-state index in [0.29, 0.717) is 34.1 Å². The molecule has 206 valence electrons. The van der Waals surface area contributed by atoms with Gasteiger partial charge in [0.25, 0.3) is 11.8 Å². The van der Waals surface area contributed by atoms with Crippen LogP contribution in [0.15, 0.2) is 53.1 Å². The van der Waals surface area contributed by atoms with Gasteiger partial charge in [-0.05, 0) is 49.2 Å². The van der Waals surface area contributed by atoms with Crippen LogP contribution in [-0.2, 0) is 19.8 Å². The highest BCUT2D eigenvalue weighted by Gasteiger charge is 2.35. The van der Waals surface area contributed by atoms with Crippen LogP contribution in [0.1, 0.15) is 42.9 Å². The van der Waals surface area contributed by atoms with Crippen LogP contribution >= 0.6 is 11.3 Å². The minimum absolute atomic E-state index is 0.0562. The van der Waals surface area contributed by atoms with Crippen LogP contribution in [0, 0.1) is 13.8 Å². The van der Waals surface area contributed by atoms with E-state index in [1.54, 1.807) is 26.1 Å². The molecular formula is C27H22F3N5O4S. The SMILES string of the molecule is Cc1ccccc1OCc1ccc(C(=O)Nc2c(C(N)=O)sc3nc(C(F)(F)F)cc(-c4cnn(C)c4C)c23)o1. The van der Waals surface area contributed by atoms with Crippen LogP contribution in [0.25, 0.3) is 21.3 Å². The Bertz CT molecular complexity index is 1770. The van der Waals surface area contributed by atoms with E-state index >= 15 is 0 Å². The molecule has 0 fully saturated rings. The van der Waals surface area contributed by atoms with Crippen LogP contribution in [0.4, 0.5) is 18.9 Å². The van der Waals surface area contributed by atoms with Crippen LogP contribution in [0.3, 0.4) is 0 Å². The fourth-order valence-electron chi connectivity index (χ4n) is 4.13. The molecule has 4 aromatic heterocycles. The summed E-state index contributed by atoms with van der Waals surface area (Å²) in [5, 5.41) is 6.87. The number of rotatable bonds is 7. The van der Waals surface area contributed by atoms with Gasteiger partial charge in [-0.15, -0.1) is 11.3 Å². The first kappa shape index (κ1) is 26.9. The number of carbonyl (C=O) groups is 2. The highest BCUT2D eigenvalue weighted by molar-refractivity contribution is 7.21. The van der Waals surface area contributed by atoms with Gasteiger partial charge >= 0.3 is 6.18 Å². The van der Waals surface area contributed by atoms with Crippen molar-refractivity contribution < 1.29 is 31.9 Å². The summed E-state index contributed by atoms with van der Waals surface area (Å²) in [6.07, 6.45) is -3.35. The van der Waals surface area contributed by atoms with E-state index in [0.717, 1.165) is 11.6 Å². The van der Waals surface area contributed by atoms with E-state index in [4.69, 9.17) is 14.9 Å². The van der Waals surface area contributed by atoms with Crippen molar-refractivity contribution in [3.05, 3.63) is 82.0 Å². The van der Waals surface area contributed by atoms with Gasteiger partial charge in [-0.25, -0.2) is 4.98 Å². The van der Waals surface area contributed by atoms with Crippen molar-refractivity contribution in [2.45, 2.75) is 26.6 Å². The van der Waals surface area contributed by atoms with E-state index in [-0.39, 0.29) is 38.7 Å². The number of fused-ring (bicyclic) bond motifs is 1. The molecule has 0 saturated heterocycles. The van der Waals surface area contributed by atoms with Gasteiger partial charge in [0.05, 0.1) is 11.9 Å². The summed E-state index contributed by atoms with van der Waals surface area (Å²) in [6, 6.07) is 11.3. The molecule has 0 spiro atoms. The number of hydrogen-bond donors (Lipinski definition) is 2. The summed E-state index contributed by atoms with van der Waals surface area (Å²) in [5.74, 6) is -0.755. The first-order chi connectivity index (χ1) is 18.9. The molecule has 1 aromatic carbocycles. The minimum atomic E-state index is -4.76. The molecule has 0 radical (unpaired) electrons. The predicted molar refractivity (Wildman–Crippen MR) is 142 cm³/mol. The number of nitrogens with zero attached hydrogens (tertiary/aromatic N) is 3. The Balaban J connectivity index is 1.54. The number of amides is 2. The highest BCUT2D eigenvalue weighted by Crippen LogP contribution is 2.44. The zero-order valence-corrected chi connectivity index (χ0v) is 22.2. The summed E-state index contributed by atoms with van der Waals surface area (Å²) < 4.78 is 54.1. The van der Waals surface area contributed by atoms with Gasteiger partial charge in [-0.2, -0.15) is 18.3 Å². The zero-order chi connectivity index (χ0) is 28.8. The molecule has 5 aromatic rings. The lowest BCUT2D eigenvalue weighted by Gasteiger charge is -2.12. The second kappa shape index (κ2) is 10.2. The number of aromatic nitrogens is 3. The maximum absolute atomic E-state index is 13.7. The number of aryl methyl sites for hydroxylation is 2. The van der Waals surface area contributed by atoms with E-state index in [9.17, 15) is 22.8 Å².